The lowest BCUT2D eigenvalue weighted by Crippen LogP contribution is -2.59. The van der Waals surface area contributed by atoms with Gasteiger partial charge in [0.15, 0.2) is 0 Å². The number of rotatable bonds is 13. The number of carbonyl (C=O) groups excluding carboxylic acids is 3. The Bertz CT molecular complexity index is 998. The third kappa shape index (κ3) is 8.37. The van der Waals surface area contributed by atoms with Crippen molar-refractivity contribution in [1.29, 1.82) is 0 Å². The van der Waals surface area contributed by atoms with Crippen LogP contribution >= 0.6 is 0 Å². The zero-order valence-electron chi connectivity index (χ0n) is 18.5. The number of aromatic nitrogens is 2. The highest BCUT2D eigenvalue weighted by molar-refractivity contribution is 5.94. The molecule has 0 fully saturated rings. The van der Waals surface area contributed by atoms with Crippen LogP contribution in [0.1, 0.15) is 11.3 Å². The van der Waals surface area contributed by atoms with Crippen LogP contribution in [0.15, 0.2) is 36.8 Å². The fourth-order valence-electron chi connectivity index (χ4n) is 2.99. The summed E-state index contributed by atoms with van der Waals surface area (Å²) in [5.74, 6) is -4.01. The average molecular weight is 492 g/mol. The molecule has 190 valence electrons. The molecule has 14 heteroatoms. The number of phenols is 1. The number of nitrogens with zero attached hydrogens (tertiary/aromatic N) is 1. The van der Waals surface area contributed by atoms with Crippen LogP contribution in [0.4, 0.5) is 0 Å². The van der Waals surface area contributed by atoms with Crippen molar-refractivity contribution in [2.45, 2.75) is 37.0 Å². The minimum absolute atomic E-state index is 0.0208. The molecule has 2 aromatic rings. The minimum Gasteiger partial charge on any atom is -0.508 e. The van der Waals surface area contributed by atoms with E-state index in [1.165, 1.54) is 36.8 Å². The van der Waals surface area contributed by atoms with Gasteiger partial charge in [0.05, 0.1) is 19.5 Å². The van der Waals surface area contributed by atoms with E-state index < -0.39 is 61.1 Å². The lowest BCUT2D eigenvalue weighted by molar-refractivity contribution is -0.142. The first kappa shape index (κ1) is 27.2. The molecule has 0 saturated heterocycles. The Morgan fingerprint density at radius 3 is 2.03 bits per heavy atom. The van der Waals surface area contributed by atoms with Crippen molar-refractivity contribution >= 4 is 23.7 Å². The number of amides is 3. The van der Waals surface area contributed by atoms with Crippen LogP contribution in [0.25, 0.3) is 0 Å². The molecule has 35 heavy (non-hydrogen) atoms. The summed E-state index contributed by atoms with van der Waals surface area (Å²) in [5.41, 5.74) is 6.38. The second-order valence-corrected chi connectivity index (χ2v) is 7.64. The number of nitrogens with two attached hydrogens (primary N) is 1. The zero-order chi connectivity index (χ0) is 26.0. The fourth-order valence-corrected chi connectivity index (χ4v) is 2.99. The molecule has 0 saturated carbocycles. The molecule has 1 heterocycles. The SMILES string of the molecule is NC(CO)C(=O)NC(CO)C(=O)NC(Cc1ccc(O)cc1)C(=O)NC(Cc1cnc[nH]1)C(=O)O. The number of aliphatic hydroxyl groups is 2. The molecule has 4 unspecified atom stereocenters. The van der Waals surface area contributed by atoms with Gasteiger partial charge in [0.25, 0.3) is 0 Å². The number of hydrogen-bond donors (Lipinski definition) is 9. The first-order valence-corrected chi connectivity index (χ1v) is 10.5. The van der Waals surface area contributed by atoms with E-state index in [1.54, 1.807) is 0 Å². The van der Waals surface area contributed by atoms with Crippen molar-refractivity contribution in [2.24, 2.45) is 5.73 Å². The van der Waals surface area contributed by atoms with Crippen molar-refractivity contribution in [2.75, 3.05) is 13.2 Å². The quantitative estimate of drug-likeness (QED) is 0.135. The number of aliphatic carboxylic acids is 1. The molecule has 0 bridgehead atoms. The molecule has 0 aliphatic rings. The Labute approximate surface area is 199 Å². The molecular formula is C21H28N6O8. The second kappa shape index (κ2) is 13.0. The van der Waals surface area contributed by atoms with Gasteiger partial charge in [-0.15, -0.1) is 0 Å². The van der Waals surface area contributed by atoms with Crippen molar-refractivity contribution in [3.05, 3.63) is 48.0 Å². The number of hydrogen-bond acceptors (Lipinski definition) is 9. The van der Waals surface area contributed by atoms with Gasteiger partial charge >= 0.3 is 5.97 Å². The Morgan fingerprint density at radius 1 is 0.886 bits per heavy atom. The summed E-state index contributed by atoms with van der Waals surface area (Å²) >= 11 is 0. The van der Waals surface area contributed by atoms with Gasteiger partial charge in [0, 0.05) is 24.7 Å². The molecule has 1 aromatic heterocycles. The van der Waals surface area contributed by atoms with Crippen LogP contribution in [-0.4, -0.2) is 91.5 Å². The monoisotopic (exact) mass is 492 g/mol. The van der Waals surface area contributed by atoms with Crippen molar-refractivity contribution in [1.82, 2.24) is 25.9 Å². The number of phenolic OH excluding ortho intramolecular Hbond substituents is 1. The normalized spacial score (nSPS) is 14.3. The molecule has 0 aliphatic carbocycles. The van der Waals surface area contributed by atoms with Gasteiger partial charge in [-0.2, -0.15) is 0 Å². The molecule has 1 aromatic carbocycles. The molecule has 14 nitrogen and oxygen atoms in total. The number of H-pyrrole nitrogens is 1. The number of aromatic hydroxyl groups is 1. The van der Waals surface area contributed by atoms with Gasteiger partial charge in [0.2, 0.25) is 17.7 Å². The lowest BCUT2D eigenvalue weighted by atomic mass is 10.0. The largest absolute Gasteiger partial charge is 0.508 e. The van der Waals surface area contributed by atoms with Crippen LogP contribution in [0.5, 0.6) is 5.75 Å². The first-order chi connectivity index (χ1) is 16.6. The van der Waals surface area contributed by atoms with Crippen LogP contribution < -0.4 is 21.7 Å². The predicted molar refractivity (Wildman–Crippen MR) is 120 cm³/mol. The summed E-state index contributed by atoms with van der Waals surface area (Å²) in [6, 6.07) is 0.280. The molecule has 10 N–H and O–H groups in total. The molecule has 0 aliphatic heterocycles. The Kier molecular flexibility index (Phi) is 10.1. The van der Waals surface area contributed by atoms with E-state index in [1.807, 2.05) is 0 Å². The van der Waals surface area contributed by atoms with Gasteiger partial charge in [-0.05, 0) is 17.7 Å². The topological polar surface area (TPSA) is 240 Å². The Balaban J connectivity index is 2.20. The number of aliphatic hydroxyl groups excluding tert-OH is 2. The maximum Gasteiger partial charge on any atom is 0.326 e. The van der Waals surface area contributed by atoms with E-state index in [-0.39, 0.29) is 18.6 Å². The number of carboxylic acids is 1. The first-order valence-electron chi connectivity index (χ1n) is 10.5. The number of benzene rings is 1. The van der Waals surface area contributed by atoms with Crippen molar-refractivity contribution < 1.29 is 39.6 Å². The fraction of sp³-hybridized carbons (Fsp3) is 0.381. The summed E-state index contributed by atoms with van der Waals surface area (Å²) in [5, 5.41) is 44.5. The number of imidazole rings is 1. The highest BCUT2D eigenvalue weighted by Crippen LogP contribution is 2.12. The highest BCUT2D eigenvalue weighted by Gasteiger charge is 2.30. The van der Waals surface area contributed by atoms with E-state index in [0.717, 1.165) is 0 Å². The molecule has 0 spiro atoms. The van der Waals surface area contributed by atoms with E-state index in [0.29, 0.717) is 11.3 Å². The molecule has 3 amide bonds. The van der Waals surface area contributed by atoms with E-state index in [9.17, 15) is 34.5 Å². The minimum atomic E-state index is -1.49. The third-order valence-corrected chi connectivity index (χ3v) is 4.95. The standard InChI is InChI=1S/C21H28N6O8/c22-14(8-28)18(31)27-17(9-29)20(33)25-15(5-11-1-3-13(30)4-2-11)19(32)26-16(21(34)35)6-12-7-23-10-24-12/h1-4,7,10,14-17,28-30H,5-6,8-9,22H2,(H,23,24)(H,25,33)(H,26,32)(H,27,31)(H,34,35). The van der Waals surface area contributed by atoms with Gasteiger partial charge in [-0.25, -0.2) is 9.78 Å². The molecular weight excluding hydrogens is 464 g/mol. The van der Waals surface area contributed by atoms with Crippen LogP contribution in [0.3, 0.4) is 0 Å². The van der Waals surface area contributed by atoms with Gasteiger partial charge in [-0.1, -0.05) is 12.1 Å². The smallest absolute Gasteiger partial charge is 0.326 e. The van der Waals surface area contributed by atoms with E-state index in [2.05, 4.69) is 25.9 Å². The number of carbonyl (C=O) groups is 4. The summed E-state index contributed by atoms with van der Waals surface area (Å²) in [6.07, 6.45) is 2.56. The Morgan fingerprint density at radius 2 is 1.49 bits per heavy atom. The second-order valence-electron chi connectivity index (χ2n) is 7.64. The summed E-state index contributed by atoms with van der Waals surface area (Å²) in [7, 11) is 0. The molecule has 0 radical (unpaired) electrons. The maximum atomic E-state index is 13.0. The third-order valence-electron chi connectivity index (χ3n) is 4.95. The highest BCUT2D eigenvalue weighted by atomic mass is 16.4. The van der Waals surface area contributed by atoms with Crippen LogP contribution in [0.2, 0.25) is 0 Å². The molecule has 4 atom stereocenters. The average Bonchev–Trinajstić information content (AvgIpc) is 3.35. The Hall–Kier alpha value is -4.01. The van der Waals surface area contributed by atoms with E-state index >= 15 is 0 Å². The number of carboxylic acid groups (broad SMARTS) is 1. The van der Waals surface area contributed by atoms with Crippen molar-refractivity contribution in [3.8, 4) is 5.75 Å². The predicted octanol–water partition coefficient (Wildman–Crippen LogP) is -3.25. The van der Waals surface area contributed by atoms with Crippen molar-refractivity contribution in [3.63, 3.8) is 0 Å². The van der Waals surface area contributed by atoms with Gasteiger partial charge < -0.3 is 47.1 Å². The number of aromatic amines is 1. The number of nitrogens with one attached hydrogen (secondary N) is 4. The zero-order valence-corrected chi connectivity index (χ0v) is 18.5. The summed E-state index contributed by atoms with van der Waals surface area (Å²) in [4.78, 5) is 55.9. The summed E-state index contributed by atoms with van der Waals surface area (Å²) in [6.45, 7) is -1.52. The van der Waals surface area contributed by atoms with Gasteiger partial charge in [0.1, 0.15) is 29.9 Å². The lowest BCUT2D eigenvalue weighted by Gasteiger charge is -2.24. The van der Waals surface area contributed by atoms with E-state index in [4.69, 9.17) is 10.8 Å². The van der Waals surface area contributed by atoms with Crippen LogP contribution in [-0.2, 0) is 32.0 Å². The summed E-state index contributed by atoms with van der Waals surface area (Å²) < 4.78 is 0. The van der Waals surface area contributed by atoms with Crippen LogP contribution in [0, 0.1) is 0 Å². The van der Waals surface area contributed by atoms with Gasteiger partial charge in [-0.3, -0.25) is 14.4 Å². The maximum absolute atomic E-state index is 13.0. The molecule has 2 rings (SSSR count).